The lowest BCUT2D eigenvalue weighted by Gasteiger charge is -2.30. The average Bonchev–Trinajstić information content (AvgIpc) is 3.13. The lowest BCUT2D eigenvalue weighted by atomic mass is 9.96. The van der Waals surface area contributed by atoms with Gasteiger partial charge in [0, 0.05) is 11.6 Å². The predicted octanol–water partition coefficient (Wildman–Crippen LogP) is 2.39. The zero-order valence-corrected chi connectivity index (χ0v) is 12.5. The van der Waals surface area contributed by atoms with Crippen molar-refractivity contribution in [3.8, 4) is 0 Å². The zero-order valence-electron chi connectivity index (χ0n) is 12.5. The minimum Gasteiger partial charge on any atom is -0.394 e. The van der Waals surface area contributed by atoms with Crippen molar-refractivity contribution < 1.29 is 5.11 Å². The Labute approximate surface area is 113 Å². The van der Waals surface area contributed by atoms with Crippen LogP contribution in [0.1, 0.15) is 59.3 Å². The number of nitrogens with zero attached hydrogens (tertiary/aromatic N) is 1. The monoisotopic (exact) mass is 256 g/mol. The summed E-state index contributed by atoms with van der Waals surface area (Å²) in [6.45, 7) is 10.5. The molecule has 18 heavy (non-hydrogen) atoms. The highest BCUT2D eigenvalue weighted by atomic mass is 16.3. The molecule has 3 nitrogen and oxygen atoms in total. The van der Waals surface area contributed by atoms with Gasteiger partial charge in [0.2, 0.25) is 0 Å². The van der Waals surface area contributed by atoms with Crippen LogP contribution >= 0.6 is 0 Å². The van der Waals surface area contributed by atoms with E-state index in [9.17, 15) is 5.11 Å². The normalized spacial score (nSPS) is 19.2. The highest BCUT2D eigenvalue weighted by molar-refractivity contribution is 4.92. The van der Waals surface area contributed by atoms with Crippen molar-refractivity contribution >= 4 is 0 Å². The predicted molar refractivity (Wildman–Crippen MR) is 77.9 cm³/mol. The van der Waals surface area contributed by atoms with Gasteiger partial charge in [-0.2, -0.15) is 0 Å². The Balaban J connectivity index is 2.23. The number of hydrogen-bond donors (Lipinski definition) is 2. The molecule has 1 aliphatic carbocycles. The summed E-state index contributed by atoms with van der Waals surface area (Å²) in [5, 5.41) is 13.1. The second-order valence-electron chi connectivity index (χ2n) is 6.08. The molecule has 1 rings (SSSR count). The van der Waals surface area contributed by atoms with Gasteiger partial charge in [0.15, 0.2) is 0 Å². The van der Waals surface area contributed by atoms with E-state index in [-0.39, 0.29) is 12.1 Å². The van der Waals surface area contributed by atoms with Gasteiger partial charge in [-0.15, -0.1) is 0 Å². The van der Waals surface area contributed by atoms with Crippen molar-refractivity contribution in [2.24, 2.45) is 0 Å². The molecule has 2 N–H and O–H groups in total. The third kappa shape index (κ3) is 6.17. The maximum Gasteiger partial charge on any atom is 0.0610 e. The van der Waals surface area contributed by atoms with Gasteiger partial charge in [0.1, 0.15) is 0 Å². The van der Waals surface area contributed by atoms with Gasteiger partial charge in [-0.3, -0.25) is 0 Å². The zero-order chi connectivity index (χ0) is 13.4. The summed E-state index contributed by atoms with van der Waals surface area (Å²) in [7, 11) is 0. The fraction of sp³-hybridized carbons (Fsp3) is 1.00. The summed E-state index contributed by atoms with van der Waals surface area (Å²) in [6.07, 6.45) is 7.29. The second-order valence-corrected chi connectivity index (χ2v) is 6.08. The van der Waals surface area contributed by atoms with Crippen LogP contribution in [0.5, 0.6) is 0 Å². The molecule has 1 atom stereocenters. The van der Waals surface area contributed by atoms with Crippen molar-refractivity contribution in [3.05, 3.63) is 0 Å². The van der Waals surface area contributed by atoms with Crippen molar-refractivity contribution in [1.82, 2.24) is 10.2 Å². The number of hydrogen-bond acceptors (Lipinski definition) is 3. The van der Waals surface area contributed by atoms with Gasteiger partial charge in [-0.05, 0) is 65.1 Å². The highest BCUT2D eigenvalue weighted by Crippen LogP contribution is 2.24. The summed E-state index contributed by atoms with van der Waals surface area (Å²) in [6, 6.07) is 0.671. The summed E-state index contributed by atoms with van der Waals surface area (Å²) < 4.78 is 0. The van der Waals surface area contributed by atoms with Crippen molar-refractivity contribution in [3.63, 3.8) is 0 Å². The third-order valence-corrected chi connectivity index (χ3v) is 3.76. The summed E-state index contributed by atoms with van der Waals surface area (Å²) in [5.41, 5.74) is -0.0642. The Kier molecular flexibility index (Phi) is 7.20. The van der Waals surface area contributed by atoms with Crippen LogP contribution in [-0.2, 0) is 0 Å². The minimum absolute atomic E-state index is 0.0642. The van der Waals surface area contributed by atoms with Crippen molar-refractivity contribution in [1.29, 1.82) is 0 Å². The summed E-state index contributed by atoms with van der Waals surface area (Å²) in [5.74, 6) is 0. The number of aliphatic hydroxyl groups excluding tert-OH is 1. The first-order chi connectivity index (χ1) is 8.63. The van der Waals surface area contributed by atoms with Gasteiger partial charge >= 0.3 is 0 Å². The molecule has 0 spiro atoms. The smallest absolute Gasteiger partial charge is 0.0610 e. The van der Waals surface area contributed by atoms with E-state index in [1.807, 2.05) is 0 Å². The first-order valence-electron chi connectivity index (χ1n) is 7.74. The molecule has 0 heterocycles. The Morgan fingerprint density at radius 1 is 1.17 bits per heavy atom. The van der Waals surface area contributed by atoms with Crippen LogP contribution in [0.4, 0.5) is 0 Å². The first kappa shape index (κ1) is 15.9. The quantitative estimate of drug-likeness (QED) is 0.596. The molecule has 0 aromatic carbocycles. The number of aliphatic hydroxyl groups is 1. The van der Waals surface area contributed by atoms with Gasteiger partial charge < -0.3 is 15.3 Å². The molecule has 0 aliphatic heterocycles. The molecule has 1 fully saturated rings. The molecule has 0 aromatic rings. The van der Waals surface area contributed by atoms with E-state index in [1.165, 1.54) is 51.7 Å². The maximum absolute atomic E-state index is 9.56. The van der Waals surface area contributed by atoms with Crippen LogP contribution in [0.25, 0.3) is 0 Å². The van der Waals surface area contributed by atoms with Crippen LogP contribution < -0.4 is 5.32 Å². The van der Waals surface area contributed by atoms with E-state index in [1.54, 1.807) is 0 Å². The fourth-order valence-corrected chi connectivity index (χ4v) is 2.58. The molecular weight excluding hydrogens is 224 g/mol. The van der Waals surface area contributed by atoms with E-state index < -0.39 is 0 Å². The average molecular weight is 256 g/mol. The third-order valence-electron chi connectivity index (χ3n) is 3.76. The van der Waals surface area contributed by atoms with Gasteiger partial charge in [-0.1, -0.05) is 13.8 Å². The summed E-state index contributed by atoms with van der Waals surface area (Å²) >= 11 is 0. The molecule has 0 saturated heterocycles. The van der Waals surface area contributed by atoms with Gasteiger partial charge in [0.25, 0.3) is 0 Å². The Morgan fingerprint density at radius 2 is 1.78 bits per heavy atom. The Bertz CT molecular complexity index is 213. The molecule has 0 aromatic heterocycles. The fourth-order valence-electron chi connectivity index (χ4n) is 2.58. The van der Waals surface area contributed by atoms with E-state index >= 15 is 0 Å². The Hall–Kier alpha value is -0.120. The maximum atomic E-state index is 9.56. The van der Waals surface area contributed by atoms with Crippen LogP contribution in [0.3, 0.4) is 0 Å². The van der Waals surface area contributed by atoms with Gasteiger partial charge in [0.05, 0.1) is 6.61 Å². The first-order valence-corrected chi connectivity index (χ1v) is 7.74. The topological polar surface area (TPSA) is 35.5 Å². The summed E-state index contributed by atoms with van der Waals surface area (Å²) in [4.78, 5) is 2.55. The lowest BCUT2D eigenvalue weighted by molar-refractivity contribution is 0.154. The van der Waals surface area contributed by atoms with Crippen LogP contribution in [-0.4, -0.2) is 47.8 Å². The molecule has 108 valence electrons. The van der Waals surface area contributed by atoms with Gasteiger partial charge in [-0.25, -0.2) is 0 Å². The minimum atomic E-state index is -0.0642. The van der Waals surface area contributed by atoms with E-state index in [2.05, 4.69) is 31.0 Å². The molecule has 0 amide bonds. The molecule has 1 aliphatic rings. The number of rotatable bonds is 11. The molecule has 0 radical (unpaired) electrons. The van der Waals surface area contributed by atoms with E-state index in [0.717, 1.165) is 6.42 Å². The Morgan fingerprint density at radius 3 is 2.22 bits per heavy atom. The van der Waals surface area contributed by atoms with Crippen LogP contribution in [0.2, 0.25) is 0 Å². The van der Waals surface area contributed by atoms with Crippen LogP contribution in [0, 0.1) is 0 Å². The lowest BCUT2D eigenvalue weighted by Crippen LogP contribution is -2.47. The largest absolute Gasteiger partial charge is 0.394 e. The van der Waals surface area contributed by atoms with Crippen molar-refractivity contribution in [2.45, 2.75) is 70.9 Å². The van der Waals surface area contributed by atoms with Crippen molar-refractivity contribution in [2.75, 3.05) is 26.2 Å². The highest BCUT2D eigenvalue weighted by Gasteiger charge is 2.31. The molecule has 1 saturated carbocycles. The molecule has 1 unspecified atom stereocenters. The number of nitrogens with one attached hydrogen (secondary N) is 1. The molecular formula is C15H32N2O. The van der Waals surface area contributed by atoms with E-state index in [4.69, 9.17) is 0 Å². The molecule has 0 bridgehead atoms. The SMILES string of the molecule is CCCN(CCC)CCCC(C)(CO)NC1CC1. The standard InChI is InChI=1S/C15H32N2O/c1-4-10-17(11-5-2)12-6-9-15(3,13-18)16-14-7-8-14/h14,16,18H,4-13H2,1-3H3. The molecule has 3 heteroatoms. The van der Waals surface area contributed by atoms with Crippen LogP contribution in [0.15, 0.2) is 0 Å². The van der Waals surface area contributed by atoms with E-state index in [0.29, 0.717) is 6.04 Å². The second kappa shape index (κ2) is 8.13.